The van der Waals surface area contributed by atoms with Crippen LogP contribution in [0.5, 0.6) is 5.75 Å². The number of aryl methyl sites for hydroxylation is 1. The number of alkyl halides is 2. The maximum absolute atomic E-state index is 12.1. The molecule has 1 heterocycles. The number of carbonyl (C=O) groups excluding carboxylic acids is 1. The van der Waals surface area contributed by atoms with E-state index >= 15 is 0 Å². The van der Waals surface area contributed by atoms with Crippen molar-refractivity contribution in [3.05, 3.63) is 52.3 Å². The van der Waals surface area contributed by atoms with E-state index in [1.807, 2.05) is 6.92 Å². The molecule has 1 aromatic carbocycles. The molecule has 0 radical (unpaired) electrons. The lowest BCUT2D eigenvalue weighted by molar-refractivity contribution is -0.0498. The van der Waals surface area contributed by atoms with Crippen molar-refractivity contribution in [3.8, 4) is 5.75 Å². The molecule has 0 unspecified atom stereocenters. The van der Waals surface area contributed by atoms with Crippen LogP contribution in [0.4, 0.5) is 8.78 Å². The Morgan fingerprint density at radius 3 is 2.64 bits per heavy atom. The lowest BCUT2D eigenvalue weighted by atomic mass is 10.1. The second-order valence-electron chi connectivity index (χ2n) is 4.33. The van der Waals surface area contributed by atoms with Gasteiger partial charge in [-0.2, -0.15) is 13.9 Å². The minimum atomic E-state index is -2.85. The van der Waals surface area contributed by atoms with Crippen LogP contribution in [0.1, 0.15) is 23.0 Å². The fourth-order valence-electron chi connectivity index (χ4n) is 1.74. The van der Waals surface area contributed by atoms with Gasteiger partial charge in [0, 0.05) is 12.7 Å². The molecule has 0 fully saturated rings. The summed E-state index contributed by atoms with van der Waals surface area (Å²) in [6.45, 7) is -0.262. The van der Waals surface area contributed by atoms with Crippen molar-refractivity contribution in [2.45, 2.75) is 20.1 Å². The van der Waals surface area contributed by atoms with E-state index in [9.17, 15) is 13.6 Å². The van der Waals surface area contributed by atoms with Crippen molar-refractivity contribution in [2.75, 3.05) is 0 Å². The Labute approximate surface area is 134 Å². The number of ketones is 1. The zero-order valence-electron chi connectivity index (χ0n) is 11.7. The molecular weight excluding hydrogens is 358 g/mol. The zero-order chi connectivity index (χ0) is 16.1. The lowest BCUT2D eigenvalue weighted by Gasteiger charge is -2.03. The molecule has 0 aliphatic heterocycles. The summed E-state index contributed by atoms with van der Waals surface area (Å²) < 4.78 is 30.6. The number of hydrogen-bond acceptors (Lipinski definition) is 3. The summed E-state index contributed by atoms with van der Waals surface area (Å²) in [6.07, 6.45) is 4.71. The van der Waals surface area contributed by atoms with Crippen molar-refractivity contribution in [3.63, 3.8) is 0 Å². The molecule has 0 aliphatic rings. The fourth-order valence-corrected chi connectivity index (χ4v) is 2.25. The number of benzene rings is 1. The summed E-state index contributed by atoms with van der Waals surface area (Å²) in [7, 11) is 0. The molecule has 0 amide bonds. The summed E-state index contributed by atoms with van der Waals surface area (Å²) in [5.41, 5.74) is 1.02. The van der Waals surface area contributed by atoms with Gasteiger partial charge in [-0.1, -0.05) is 18.2 Å². The monoisotopic (exact) mass is 370 g/mol. The minimum Gasteiger partial charge on any atom is -0.435 e. The second-order valence-corrected chi connectivity index (χ2v) is 5.18. The number of allylic oxidation sites excluding steroid dienone is 1. The Kier molecular flexibility index (Phi) is 5.43. The van der Waals surface area contributed by atoms with E-state index < -0.39 is 6.61 Å². The zero-order valence-corrected chi connectivity index (χ0v) is 13.3. The molecular formula is C15H13BrF2N2O2. The Balaban J connectivity index is 2.07. The Hall–Kier alpha value is -2.02. The van der Waals surface area contributed by atoms with Gasteiger partial charge in [0.15, 0.2) is 0 Å². The molecule has 0 bridgehead atoms. The first-order valence-electron chi connectivity index (χ1n) is 6.50. The quantitative estimate of drug-likeness (QED) is 0.566. The molecule has 0 aliphatic carbocycles. The van der Waals surface area contributed by atoms with Gasteiger partial charge in [0.25, 0.3) is 0 Å². The van der Waals surface area contributed by atoms with Crippen molar-refractivity contribution in [1.82, 2.24) is 9.78 Å². The molecule has 7 heteroatoms. The van der Waals surface area contributed by atoms with Crippen LogP contribution < -0.4 is 4.74 Å². The van der Waals surface area contributed by atoms with Crippen LogP contribution in [-0.2, 0) is 6.54 Å². The van der Waals surface area contributed by atoms with Crippen LogP contribution in [0.25, 0.3) is 6.08 Å². The average molecular weight is 371 g/mol. The highest BCUT2D eigenvalue weighted by Gasteiger charge is 2.12. The van der Waals surface area contributed by atoms with Gasteiger partial charge in [-0.05, 0) is 46.6 Å². The lowest BCUT2D eigenvalue weighted by Crippen LogP contribution is -2.01. The van der Waals surface area contributed by atoms with E-state index in [-0.39, 0.29) is 11.5 Å². The summed E-state index contributed by atoms with van der Waals surface area (Å²) in [4.78, 5) is 12.1. The first-order valence-corrected chi connectivity index (χ1v) is 7.29. The third-order valence-corrected chi connectivity index (χ3v) is 3.39. The number of halogens is 3. The number of nitrogens with zero attached hydrogens (tertiary/aromatic N) is 2. The highest BCUT2D eigenvalue weighted by molar-refractivity contribution is 9.10. The van der Waals surface area contributed by atoms with Crippen molar-refractivity contribution < 1.29 is 18.3 Å². The molecule has 2 rings (SSSR count). The van der Waals surface area contributed by atoms with E-state index in [0.29, 0.717) is 22.3 Å². The van der Waals surface area contributed by atoms with Crippen LogP contribution in [0.3, 0.4) is 0 Å². The number of aromatic nitrogens is 2. The van der Waals surface area contributed by atoms with E-state index in [1.54, 1.807) is 29.1 Å². The first kappa shape index (κ1) is 16.4. The molecule has 0 saturated carbocycles. The van der Waals surface area contributed by atoms with Gasteiger partial charge in [-0.15, -0.1) is 0 Å². The Morgan fingerprint density at radius 1 is 1.41 bits per heavy atom. The highest BCUT2D eigenvalue weighted by atomic mass is 79.9. The Bertz CT molecular complexity index is 681. The average Bonchev–Trinajstić information content (AvgIpc) is 2.87. The molecule has 0 saturated heterocycles. The number of hydrogen-bond donors (Lipinski definition) is 0. The molecule has 4 nitrogen and oxygen atoms in total. The van der Waals surface area contributed by atoms with Crippen molar-refractivity contribution in [1.29, 1.82) is 0 Å². The largest absolute Gasteiger partial charge is 0.435 e. The molecule has 2 aromatic rings. The summed E-state index contributed by atoms with van der Waals surface area (Å²) >= 11 is 3.29. The maximum atomic E-state index is 12.1. The molecule has 1 aromatic heterocycles. The predicted octanol–water partition coefficient (Wildman–Crippen LogP) is 4.16. The molecule has 0 spiro atoms. The van der Waals surface area contributed by atoms with Crippen LogP contribution in [0, 0.1) is 0 Å². The molecule has 0 atom stereocenters. The van der Waals surface area contributed by atoms with Crippen LogP contribution in [0.2, 0.25) is 0 Å². The Morgan fingerprint density at radius 2 is 2.09 bits per heavy atom. The predicted molar refractivity (Wildman–Crippen MR) is 82.0 cm³/mol. The van der Waals surface area contributed by atoms with Gasteiger partial charge in [0.2, 0.25) is 5.78 Å². The van der Waals surface area contributed by atoms with E-state index in [2.05, 4.69) is 25.8 Å². The maximum Gasteiger partial charge on any atom is 0.387 e. The third kappa shape index (κ3) is 4.24. The number of ether oxygens (including phenoxy) is 1. The highest BCUT2D eigenvalue weighted by Crippen LogP contribution is 2.18. The van der Waals surface area contributed by atoms with E-state index in [1.165, 1.54) is 18.2 Å². The summed E-state index contributed by atoms with van der Waals surface area (Å²) in [5.74, 6) is -0.171. The van der Waals surface area contributed by atoms with Crippen LogP contribution in [-0.4, -0.2) is 22.2 Å². The smallest absolute Gasteiger partial charge is 0.387 e. The van der Waals surface area contributed by atoms with Gasteiger partial charge in [0.1, 0.15) is 11.4 Å². The molecule has 116 valence electrons. The summed E-state index contributed by atoms with van der Waals surface area (Å²) in [6, 6.07) is 6.00. The van der Waals surface area contributed by atoms with Crippen molar-refractivity contribution >= 4 is 27.8 Å². The first-order chi connectivity index (χ1) is 10.5. The number of rotatable bonds is 6. The fraction of sp³-hybridized carbons (Fsp3) is 0.200. The standard InChI is InChI=1S/C15H13BrF2N2O2/c1-2-20-9-12(16)14(19-20)13(21)8-5-10-3-6-11(7-4-10)22-15(17)18/h3-9,15H,2H2,1H3/b8-5+. The van der Waals surface area contributed by atoms with Crippen LogP contribution >= 0.6 is 15.9 Å². The normalized spacial score (nSPS) is 11.3. The van der Waals surface area contributed by atoms with Gasteiger partial charge < -0.3 is 4.74 Å². The van der Waals surface area contributed by atoms with Gasteiger partial charge in [-0.25, -0.2) is 0 Å². The van der Waals surface area contributed by atoms with Gasteiger partial charge >= 0.3 is 6.61 Å². The molecule has 22 heavy (non-hydrogen) atoms. The second kappa shape index (κ2) is 7.31. The SMILES string of the molecule is CCn1cc(Br)c(C(=O)/C=C/c2ccc(OC(F)F)cc2)n1. The third-order valence-electron chi connectivity index (χ3n) is 2.81. The van der Waals surface area contributed by atoms with E-state index in [0.717, 1.165) is 0 Å². The summed E-state index contributed by atoms with van der Waals surface area (Å²) in [5, 5.41) is 4.15. The van der Waals surface area contributed by atoms with Crippen molar-refractivity contribution in [2.24, 2.45) is 0 Å². The van der Waals surface area contributed by atoms with Gasteiger partial charge in [-0.3, -0.25) is 9.48 Å². The van der Waals surface area contributed by atoms with Crippen LogP contribution in [0.15, 0.2) is 41.0 Å². The topological polar surface area (TPSA) is 44.1 Å². The minimum absolute atomic E-state index is 0.0721. The number of carbonyl (C=O) groups is 1. The van der Waals surface area contributed by atoms with E-state index in [4.69, 9.17) is 0 Å². The van der Waals surface area contributed by atoms with Gasteiger partial charge in [0.05, 0.1) is 4.47 Å². The molecule has 0 N–H and O–H groups in total.